The molecule has 0 bridgehead atoms. The lowest BCUT2D eigenvalue weighted by atomic mass is 10.1. The number of amides is 1. The minimum absolute atomic E-state index is 0.0687. The van der Waals surface area contributed by atoms with Crippen molar-refractivity contribution >= 4 is 33.3 Å². The van der Waals surface area contributed by atoms with Gasteiger partial charge in [-0.1, -0.05) is 6.08 Å². The summed E-state index contributed by atoms with van der Waals surface area (Å²) in [6.45, 7) is 6.22. The first kappa shape index (κ1) is 12.1. The summed E-state index contributed by atoms with van der Waals surface area (Å²) in [5.41, 5.74) is 7.36. The van der Waals surface area contributed by atoms with Gasteiger partial charge in [0.05, 0.1) is 11.4 Å². The van der Waals surface area contributed by atoms with E-state index in [4.69, 9.17) is 5.73 Å². The van der Waals surface area contributed by atoms with E-state index < -0.39 is 0 Å². The van der Waals surface area contributed by atoms with Crippen molar-refractivity contribution in [3.63, 3.8) is 0 Å². The second-order valence-corrected chi connectivity index (χ2v) is 5.02. The summed E-state index contributed by atoms with van der Waals surface area (Å²) in [7, 11) is 0. The molecule has 4 nitrogen and oxygen atoms in total. The molecule has 0 spiro atoms. The van der Waals surface area contributed by atoms with Gasteiger partial charge in [-0.15, -0.1) is 6.58 Å². The Labute approximate surface area is 109 Å². The Bertz CT molecular complexity index is 487. The number of anilines is 2. The van der Waals surface area contributed by atoms with Crippen LogP contribution in [0, 0.1) is 12.8 Å². The Morgan fingerprint density at radius 3 is 3.00 bits per heavy atom. The van der Waals surface area contributed by atoms with Crippen LogP contribution in [0.15, 0.2) is 23.2 Å². The van der Waals surface area contributed by atoms with Crippen molar-refractivity contribution < 1.29 is 4.79 Å². The lowest BCUT2D eigenvalue weighted by Gasteiger charge is -2.18. The third-order valence-corrected chi connectivity index (χ3v) is 3.74. The molecule has 1 aromatic heterocycles. The monoisotopic (exact) mass is 295 g/mol. The highest BCUT2D eigenvalue weighted by Crippen LogP contribution is 2.32. The molecule has 2 heterocycles. The fourth-order valence-corrected chi connectivity index (χ4v) is 2.24. The molecule has 17 heavy (non-hydrogen) atoms. The zero-order chi connectivity index (χ0) is 12.6. The summed E-state index contributed by atoms with van der Waals surface area (Å²) in [5, 5.41) is 0. The van der Waals surface area contributed by atoms with E-state index in [0.29, 0.717) is 24.5 Å². The zero-order valence-corrected chi connectivity index (χ0v) is 11.2. The molecular weight excluding hydrogens is 282 g/mol. The molecule has 1 aromatic rings. The predicted molar refractivity (Wildman–Crippen MR) is 71.7 cm³/mol. The lowest BCUT2D eigenvalue weighted by Crippen LogP contribution is -2.25. The van der Waals surface area contributed by atoms with E-state index in [9.17, 15) is 4.79 Å². The molecule has 1 fully saturated rings. The van der Waals surface area contributed by atoms with Gasteiger partial charge >= 0.3 is 0 Å². The number of halogens is 1. The minimum Gasteiger partial charge on any atom is -0.382 e. The Kier molecular flexibility index (Phi) is 3.19. The van der Waals surface area contributed by atoms with Crippen molar-refractivity contribution in [3.8, 4) is 0 Å². The second kappa shape index (κ2) is 4.49. The van der Waals surface area contributed by atoms with E-state index in [1.807, 2.05) is 19.1 Å². The SMILES string of the molecule is C=CC1CC(=O)N(c2cc(Br)c(C)nc2N)C1. The molecule has 1 atom stereocenters. The summed E-state index contributed by atoms with van der Waals surface area (Å²) in [6.07, 6.45) is 2.30. The molecule has 1 aliphatic rings. The normalized spacial score (nSPS) is 19.8. The predicted octanol–water partition coefficient (Wildman–Crippen LogP) is 2.27. The van der Waals surface area contributed by atoms with Gasteiger partial charge in [-0.2, -0.15) is 0 Å². The maximum absolute atomic E-state index is 11.9. The number of nitrogens with two attached hydrogens (primary N) is 1. The van der Waals surface area contributed by atoms with Crippen molar-refractivity contribution in [2.45, 2.75) is 13.3 Å². The lowest BCUT2D eigenvalue weighted by molar-refractivity contribution is -0.117. The first-order chi connectivity index (χ1) is 8.02. The van der Waals surface area contributed by atoms with Crippen molar-refractivity contribution in [2.24, 2.45) is 5.92 Å². The number of aromatic nitrogens is 1. The van der Waals surface area contributed by atoms with Gasteiger partial charge in [0.2, 0.25) is 5.91 Å². The Hall–Kier alpha value is -1.36. The van der Waals surface area contributed by atoms with E-state index in [-0.39, 0.29) is 11.8 Å². The maximum Gasteiger partial charge on any atom is 0.227 e. The standard InChI is InChI=1S/C12H14BrN3O/c1-3-8-4-11(17)16(6-8)10-5-9(13)7(2)15-12(10)14/h3,5,8H,1,4,6H2,2H3,(H2,14,15). The summed E-state index contributed by atoms with van der Waals surface area (Å²) in [5.74, 6) is 0.657. The first-order valence-electron chi connectivity index (χ1n) is 5.38. The highest BCUT2D eigenvalue weighted by Gasteiger charge is 2.30. The van der Waals surface area contributed by atoms with Gasteiger partial charge in [-0.05, 0) is 28.9 Å². The minimum atomic E-state index is 0.0687. The molecule has 1 saturated heterocycles. The van der Waals surface area contributed by atoms with Crippen LogP contribution in [0.3, 0.4) is 0 Å². The number of carbonyl (C=O) groups excluding carboxylic acids is 1. The van der Waals surface area contributed by atoms with Crippen molar-refractivity contribution in [1.82, 2.24) is 4.98 Å². The molecule has 0 saturated carbocycles. The van der Waals surface area contributed by atoms with Crippen LogP contribution in [-0.4, -0.2) is 17.4 Å². The molecular formula is C12H14BrN3O. The van der Waals surface area contributed by atoms with Crippen molar-refractivity contribution in [1.29, 1.82) is 0 Å². The van der Waals surface area contributed by atoms with Gasteiger partial charge in [0, 0.05) is 23.4 Å². The molecule has 0 radical (unpaired) electrons. The van der Waals surface area contributed by atoms with Crippen molar-refractivity contribution in [3.05, 3.63) is 28.9 Å². The number of nitrogens with zero attached hydrogens (tertiary/aromatic N) is 2. The topological polar surface area (TPSA) is 59.2 Å². The molecule has 1 unspecified atom stereocenters. The molecule has 1 amide bonds. The Morgan fingerprint density at radius 2 is 2.41 bits per heavy atom. The molecule has 2 N–H and O–H groups in total. The zero-order valence-electron chi connectivity index (χ0n) is 9.61. The number of nitrogen functional groups attached to an aromatic ring is 1. The van der Waals surface area contributed by atoms with Crippen LogP contribution < -0.4 is 10.6 Å². The number of rotatable bonds is 2. The number of hydrogen-bond acceptors (Lipinski definition) is 3. The first-order valence-corrected chi connectivity index (χ1v) is 6.17. The van der Waals surface area contributed by atoms with Crippen LogP contribution >= 0.6 is 15.9 Å². The summed E-state index contributed by atoms with van der Waals surface area (Å²) in [4.78, 5) is 17.8. The molecule has 0 aliphatic carbocycles. The van der Waals surface area contributed by atoms with E-state index >= 15 is 0 Å². The number of pyridine rings is 1. The van der Waals surface area contributed by atoms with Crippen molar-refractivity contribution in [2.75, 3.05) is 17.2 Å². The number of hydrogen-bond donors (Lipinski definition) is 1. The van der Waals surface area contributed by atoms with E-state index in [0.717, 1.165) is 10.2 Å². The van der Waals surface area contributed by atoms with Crippen LogP contribution in [0.4, 0.5) is 11.5 Å². The molecule has 0 aromatic carbocycles. The highest BCUT2D eigenvalue weighted by atomic mass is 79.9. The summed E-state index contributed by atoms with van der Waals surface area (Å²) in [6, 6.07) is 1.85. The van der Waals surface area contributed by atoms with Crippen LogP contribution in [0.1, 0.15) is 12.1 Å². The fraction of sp³-hybridized carbons (Fsp3) is 0.333. The van der Waals surface area contributed by atoms with Gasteiger partial charge in [0.25, 0.3) is 0 Å². The van der Waals surface area contributed by atoms with Crippen LogP contribution in [0.25, 0.3) is 0 Å². The largest absolute Gasteiger partial charge is 0.382 e. The fourth-order valence-electron chi connectivity index (χ4n) is 1.93. The smallest absolute Gasteiger partial charge is 0.227 e. The van der Waals surface area contributed by atoms with Crippen LogP contribution in [-0.2, 0) is 4.79 Å². The number of aryl methyl sites for hydroxylation is 1. The summed E-state index contributed by atoms with van der Waals surface area (Å²) < 4.78 is 0.858. The Morgan fingerprint density at radius 1 is 1.71 bits per heavy atom. The van der Waals surface area contributed by atoms with Crippen LogP contribution in [0.2, 0.25) is 0 Å². The van der Waals surface area contributed by atoms with Gasteiger partial charge in [-0.3, -0.25) is 4.79 Å². The average molecular weight is 296 g/mol. The third-order valence-electron chi connectivity index (χ3n) is 2.94. The molecule has 90 valence electrons. The molecule has 1 aliphatic heterocycles. The van der Waals surface area contributed by atoms with E-state index in [1.54, 1.807) is 4.90 Å². The van der Waals surface area contributed by atoms with Gasteiger partial charge in [-0.25, -0.2) is 4.98 Å². The van der Waals surface area contributed by atoms with Gasteiger partial charge in [0.15, 0.2) is 0 Å². The van der Waals surface area contributed by atoms with E-state index in [2.05, 4.69) is 27.5 Å². The average Bonchev–Trinajstić information content (AvgIpc) is 2.65. The summed E-state index contributed by atoms with van der Waals surface area (Å²) >= 11 is 3.40. The van der Waals surface area contributed by atoms with Gasteiger partial charge < -0.3 is 10.6 Å². The quantitative estimate of drug-likeness (QED) is 0.852. The molecule has 2 rings (SSSR count). The second-order valence-electron chi connectivity index (χ2n) is 4.16. The maximum atomic E-state index is 11.9. The van der Waals surface area contributed by atoms with Crippen LogP contribution in [0.5, 0.6) is 0 Å². The van der Waals surface area contributed by atoms with E-state index in [1.165, 1.54) is 0 Å². The molecule has 5 heteroatoms. The Balaban J connectivity index is 2.38. The van der Waals surface area contributed by atoms with Gasteiger partial charge in [0.1, 0.15) is 5.82 Å². The third kappa shape index (κ3) is 2.20. The highest BCUT2D eigenvalue weighted by molar-refractivity contribution is 9.10. The number of carbonyl (C=O) groups is 1.